The number of hydrogen-bond donors (Lipinski definition) is 1. The average Bonchev–Trinajstić information content (AvgIpc) is 3.12. The minimum Gasteiger partial charge on any atom is -0.326 e. The number of nitrogens with one attached hydrogen (secondary N) is 1. The maximum absolute atomic E-state index is 12.4. The third-order valence-corrected chi connectivity index (χ3v) is 5.34. The molecule has 2 aromatic carbocycles. The van der Waals surface area contributed by atoms with Crippen LogP contribution in [-0.4, -0.2) is 37.1 Å². The first-order valence-corrected chi connectivity index (χ1v) is 10.1. The number of anilines is 1. The number of rotatable bonds is 8. The van der Waals surface area contributed by atoms with Crippen LogP contribution in [0, 0.1) is 10.1 Å². The molecule has 30 heavy (non-hydrogen) atoms. The molecule has 3 aromatic rings. The molecular formula is C20H19N5O4S. The molecule has 1 amide bonds. The summed E-state index contributed by atoms with van der Waals surface area (Å²) in [7, 11) is 1.81. The number of Topliss-reactive ketones (excluding diaryl/α,β-unsaturated/α-hetero) is 1. The first kappa shape index (κ1) is 21.2. The van der Waals surface area contributed by atoms with E-state index >= 15 is 0 Å². The molecule has 0 aliphatic rings. The number of thioether (sulfide) groups is 1. The molecule has 9 nitrogen and oxygen atoms in total. The third kappa shape index (κ3) is 4.90. The Bertz CT molecular complexity index is 1080. The quantitative estimate of drug-likeness (QED) is 0.253. The number of hydrogen-bond acceptors (Lipinski definition) is 7. The fourth-order valence-corrected chi connectivity index (χ4v) is 3.43. The minimum atomic E-state index is -0.506. The zero-order chi connectivity index (χ0) is 21.7. The molecule has 1 heterocycles. The van der Waals surface area contributed by atoms with Crippen LogP contribution in [0.4, 0.5) is 11.4 Å². The van der Waals surface area contributed by atoms with Gasteiger partial charge < -0.3 is 9.88 Å². The highest BCUT2D eigenvalue weighted by Crippen LogP contribution is 2.25. The lowest BCUT2D eigenvalue weighted by atomic mass is 10.1. The van der Waals surface area contributed by atoms with E-state index < -0.39 is 4.92 Å². The van der Waals surface area contributed by atoms with Crippen LogP contribution >= 0.6 is 11.8 Å². The number of benzene rings is 2. The number of nitrogens with zero attached hydrogens (tertiary/aromatic N) is 4. The summed E-state index contributed by atoms with van der Waals surface area (Å²) in [5.74, 6) is 0.549. The summed E-state index contributed by atoms with van der Waals surface area (Å²) >= 11 is 1.24. The van der Waals surface area contributed by atoms with Gasteiger partial charge in [0, 0.05) is 42.4 Å². The van der Waals surface area contributed by atoms with Gasteiger partial charge in [0.25, 0.3) is 5.69 Å². The van der Waals surface area contributed by atoms with Crippen LogP contribution in [0.15, 0.2) is 53.7 Å². The van der Waals surface area contributed by atoms with Gasteiger partial charge in [0.05, 0.1) is 10.7 Å². The predicted molar refractivity (Wildman–Crippen MR) is 114 cm³/mol. The molecule has 0 aliphatic heterocycles. The van der Waals surface area contributed by atoms with E-state index in [2.05, 4.69) is 15.5 Å². The van der Waals surface area contributed by atoms with Crippen LogP contribution in [0.2, 0.25) is 0 Å². The van der Waals surface area contributed by atoms with Crippen molar-refractivity contribution in [2.75, 3.05) is 11.1 Å². The standard InChI is InChI=1S/C20H19N5O4S/c1-3-18(27)21-15-8-4-14(5-9-15)19-22-23-20(24(19)2)30-12-17(26)13-6-10-16(11-7-13)25(28)29/h4-11H,3,12H2,1-2H3,(H,21,27). The minimum absolute atomic E-state index is 0.0576. The summed E-state index contributed by atoms with van der Waals surface area (Å²) in [6.07, 6.45) is 0.407. The highest BCUT2D eigenvalue weighted by molar-refractivity contribution is 7.99. The number of non-ortho nitro benzene ring substituents is 1. The van der Waals surface area contributed by atoms with Crippen molar-refractivity contribution in [3.8, 4) is 11.4 Å². The summed E-state index contributed by atoms with van der Waals surface area (Å²) in [5, 5.41) is 22.4. The van der Waals surface area contributed by atoms with Crippen molar-refractivity contribution in [2.45, 2.75) is 18.5 Å². The Morgan fingerprint density at radius 1 is 1.10 bits per heavy atom. The monoisotopic (exact) mass is 425 g/mol. The Kier molecular flexibility index (Phi) is 6.58. The van der Waals surface area contributed by atoms with E-state index in [4.69, 9.17) is 0 Å². The Morgan fingerprint density at radius 3 is 2.37 bits per heavy atom. The molecule has 0 atom stereocenters. The van der Waals surface area contributed by atoms with Crippen LogP contribution in [0.1, 0.15) is 23.7 Å². The van der Waals surface area contributed by atoms with E-state index in [1.54, 1.807) is 30.7 Å². The third-order valence-electron chi connectivity index (χ3n) is 4.32. The van der Waals surface area contributed by atoms with Gasteiger partial charge in [-0.2, -0.15) is 0 Å². The van der Waals surface area contributed by atoms with Crippen molar-refractivity contribution in [3.05, 3.63) is 64.2 Å². The lowest BCUT2D eigenvalue weighted by Crippen LogP contribution is -2.09. The molecule has 10 heteroatoms. The van der Waals surface area contributed by atoms with Crippen LogP contribution in [0.5, 0.6) is 0 Å². The second-order valence-electron chi connectivity index (χ2n) is 6.36. The maximum Gasteiger partial charge on any atom is 0.269 e. The summed E-state index contributed by atoms with van der Waals surface area (Å²) < 4.78 is 1.79. The van der Waals surface area contributed by atoms with Crippen LogP contribution < -0.4 is 5.32 Å². The molecule has 0 aliphatic carbocycles. The molecule has 0 spiro atoms. The Morgan fingerprint density at radius 2 is 1.77 bits per heavy atom. The molecule has 0 bridgehead atoms. The molecule has 0 fully saturated rings. The first-order valence-electron chi connectivity index (χ1n) is 9.09. The van der Waals surface area contributed by atoms with Crippen molar-refractivity contribution in [1.29, 1.82) is 0 Å². The number of nitro groups is 1. The molecule has 0 unspecified atom stereocenters. The SMILES string of the molecule is CCC(=O)Nc1ccc(-c2nnc(SCC(=O)c3ccc([N+](=O)[O-])cc3)n2C)cc1. The largest absolute Gasteiger partial charge is 0.326 e. The van der Waals surface area contributed by atoms with E-state index in [0.717, 1.165) is 5.56 Å². The average molecular weight is 425 g/mol. The molecule has 0 radical (unpaired) electrons. The topological polar surface area (TPSA) is 120 Å². The van der Waals surface area contributed by atoms with Gasteiger partial charge in [-0.05, 0) is 36.4 Å². The van der Waals surface area contributed by atoms with E-state index in [1.807, 2.05) is 12.1 Å². The fraction of sp³-hybridized carbons (Fsp3) is 0.200. The molecule has 0 saturated heterocycles. The Balaban J connectivity index is 1.65. The van der Waals surface area contributed by atoms with Gasteiger partial charge >= 0.3 is 0 Å². The lowest BCUT2D eigenvalue weighted by Gasteiger charge is -2.06. The van der Waals surface area contributed by atoms with Gasteiger partial charge in [0.15, 0.2) is 16.8 Å². The summed E-state index contributed by atoms with van der Waals surface area (Å²) in [4.78, 5) is 34.0. The zero-order valence-corrected chi connectivity index (χ0v) is 17.2. The van der Waals surface area contributed by atoms with Gasteiger partial charge in [0.2, 0.25) is 5.91 Å². The van der Waals surface area contributed by atoms with Crippen molar-refractivity contribution >= 4 is 34.8 Å². The predicted octanol–water partition coefficient (Wildman–Crippen LogP) is 3.71. The van der Waals surface area contributed by atoms with Crippen LogP contribution in [0.25, 0.3) is 11.4 Å². The molecular weight excluding hydrogens is 406 g/mol. The lowest BCUT2D eigenvalue weighted by molar-refractivity contribution is -0.384. The normalized spacial score (nSPS) is 10.6. The van der Waals surface area contributed by atoms with Gasteiger partial charge in [-0.3, -0.25) is 19.7 Å². The van der Waals surface area contributed by atoms with Crippen LogP contribution in [-0.2, 0) is 11.8 Å². The van der Waals surface area contributed by atoms with E-state index in [-0.39, 0.29) is 23.1 Å². The van der Waals surface area contributed by atoms with Crippen molar-refractivity contribution in [2.24, 2.45) is 7.05 Å². The fourth-order valence-electron chi connectivity index (χ4n) is 2.63. The smallest absolute Gasteiger partial charge is 0.269 e. The first-order chi connectivity index (χ1) is 14.4. The van der Waals surface area contributed by atoms with E-state index in [9.17, 15) is 19.7 Å². The van der Waals surface area contributed by atoms with Crippen molar-refractivity contribution < 1.29 is 14.5 Å². The second-order valence-corrected chi connectivity index (χ2v) is 7.30. The number of nitro benzene ring substituents is 1. The summed E-state index contributed by atoms with van der Waals surface area (Å²) in [6.45, 7) is 1.79. The highest BCUT2D eigenvalue weighted by atomic mass is 32.2. The van der Waals surface area contributed by atoms with E-state index in [1.165, 1.54) is 36.0 Å². The van der Waals surface area contributed by atoms with Crippen molar-refractivity contribution in [3.63, 3.8) is 0 Å². The summed E-state index contributed by atoms with van der Waals surface area (Å²) in [5.41, 5.74) is 1.88. The maximum atomic E-state index is 12.4. The van der Waals surface area contributed by atoms with E-state index in [0.29, 0.717) is 28.7 Å². The molecule has 1 aromatic heterocycles. The number of aromatic nitrogens is 3. The Labute approximate surface area is 176 Å². The van der Waals surface area contributed by atoms with Gasteiger partial charge in [0.1, 0.15) is 0 Å². The molecule has 0 saturated carbocycles. The summed E-state index contributed by atoms with van der Waals surface area (Å²) in [6, 6.07) is 12.8. The number of ketones is 1. The number of carbonyl (C=O) groups excluding carboxylic acids is 2. The number of carbonyl (C=O) groups is 2. The molecule has 154 valence electrons. The second kappa shape index (κ2) is 9.31. The number of amides is 1. The Hall–Kier alpha value is -3.53. The van der Waals surface area contributed by atoms with Gasteiger partial charge in [-0.25, -0.2) is 0 Å². The highest BCUT2D eigenvalue weighted by Gasteiger charge is 2.15. The molecule has 3 rings (SSSR count). The molecule has 1 N–H and O–H groups in total. The van der Waals surface area contributed by atoms with Crippen LogP contribution in [0.3, 0.4) is 0 Å². The van der Waals surface area contributed by atoms with Gasteiger partial charge in [-0.1, -0.05) is 18.7 Å². The van der Waals surface area contributed by atoms with Gasteiger partial charge in [-0.15, -0.1) is 10.2 Å². The zero-order valence-electron chi connectivity index (χ0n) is 16.4. The van der Waals surface area contributed by atoms with Crippen molar-refractivity contribution in [1.82, 2.24) is 14.8 Å².